The van der Waals surface area contributed by atoms with E-state index >= 15 is 0 Å². The topological polar surface area (TPSA) is 251 Å². The number of aromatic nitrogens is 6. The van der Waals surface area contributed by atoms with Crippen LogP contribution in [-0.4, -0.2) is 65.9 Å². The van der Waals surface area contributed by atoms with E-state index in [1.165, 1.54) is 45.1 Å². The summed E-state index contributed by atoms with van der Waals surface area (Å²) >= 11 is 0. The third-order valence-corrected chi connectivity index (χ3v) is 8.72. The number of hydrogen-bond acceptors (Lipinski definition) is 13. The molecule has 16 heteroatoms. The second-order valence-corrected chi connectivity index (χ2v) is 12.9. The average Bonchev–Trinajstić information content (AvgIpc) is 4.19. The Bertz CT molecular complexity index is 2380. The molecular formula is C41H38N10O6. The Hall–Kier alpha value is -7.46. The molecule has 0 atom stereocenters. The Labute approximate surface area is 326 Å². The second-order valence-electron chi connectivity index (χ2n) is 12.9. The lowest BCUT2D eigenvalue weighted by Gasteiger charge is -2.07. The fourth-order valence-electron chi connectivity index (χ4n) is 5.41. The number of hydrazine groups is 1. The van der Waals surface area contributed by atoms with Crippen LogP contribution in [0, 0.1) is 0 Å². The SMILES string of the molecule is COC(=O)c1cccc(N)n1.NNC(=O)c1cccc(NC(=O)c2cc(-c3ccc(C4CC4)nc3)ccn2)n1.O=C(O)c1cc(-c2ccc(C3CC3)nc2)ccn1. The molecule has 8 rings (SSSR count). The average molecular weight is 767 g/mol. The van der Waals surface area contributed by atoms with Crippen molar-refractivity contribution >= 4 is 35.4 Å². The molecule has 57 heavy (non-hydrogen) atoms. The van der Waals surface area contributed by atoms with Crippen LogP contribution >= 0.6 is 0 Å². The van der Waals surface area contributed by atoms with Gasteiger partial charge in [-0.25, -0.2) is 30.4 Å². The number of nitrogens with one attached hydrogen (secondary N) is 2. The molecule has 2 saturated carbocycles. The summed E-state index contributed by atoms with van der Waals surface area (Å²) in [4.78, 5) is 70.5. The van der Waals surface area contributed by atoms with Gasteiger partial charge in [0, 0.05) is 59.1 Å². The zero-order valence-electron chi connectivity index (χ0n) is 30.7. The highest BCUT2D eigenvalue weighted by atomic mass is 16.5. The van der Waals surface area contributed by atoms with Gasteiger partial charge in [-0.15, -0.1) is 0 Å². The molecule has 0 unspecified atom stereocenters. The summed E-state index contributed by atoms with van der Waals surface area (Å²) in [5.74, 6) is 4.41. The van der Waals surface area contributed by atoms with Crippen molar-refractivity contribution in [3.8, 4) is 22.3 Å². The van der Waals surface area contributed by atoms with Gasteiger partial charge in [-0.2, -0.15) is 0 Å². The lowest BCUT2D eigenvalue weighted by molar-refractivity contribution is 0.0593. The number of carbonyl (C=O) groups is 4. The molecule has 7 N–H and O–H groups in total. The van der Waals surface area contributed by atoms with E-state index < -0.39 is 23.8 Å². The minimum absolute atomic E-state index is 0.0544. The van der Waals surface area contributed by atoms with Gasteiger partial charge in [0.05, 0.1) is 7.11 Å². The Morgan fingerprint density at radius 3 is 1.72 bits per heavy atom. The zero-order chi connectivity index (χ0) is 40.3. The van der Waals surface area contributed by atoms with Gasteiger partial charge in [0.15, 0.2) is 5.69 Å². The molecule has 0 radical (unpaired) electrons. The number of hydrogen-bond donors (Lipinski definition) is 5. The number of nitrogens with two attached hydrogens (primary N) is 2. The molecule has 0 saturated heterocycles. The van der Waals surface area contributed by atoms with Crippen molar-refractivity contribution in [3.63, 3.8) is 0 Å². The molecule has 16 nitrogen and oxygen atoms in total. The van der Waals surface area contributed by atoms with Crippen LogP contribution in [-0.2, 0) is 4.74 Å². The standard InChI is InChI=1S/C20H18N6O2.C14H12N2O2.C7H8N2O2/c21-26-20(28)16-2-1-3-18(24-16)25-19(27)17-10-13(8-9-22-17)14-6-7-15(23-11-14)12-4-5-12;17-14(18)13-7-10(5-6-15-13)11-3-4-12(16-8-11)9-1-2-9;1-11-7(10)5-3-2-4-6(8)9-5/h1-3,6-12H,4-5,21H2,(H,26,28)(H,24,25,27);3-9H,1-2H2,(H,17,18);2-4H,1H3,(H2,8,9). The molecule has 2 amide bonds. The van der Waals surface area contributed by atoms with Gasteiger partial charge in [-0.1, -0.05) is 24.3 Å². The van der Waals surface area contributed by atoms with Crippen LogP contribution in [0.4, 0.5) is 11.6 Å². The number of carboxylic acid groups (broad SMARTS) is 1. The lowest BCUT2D eigenvalue weighted by Crippen LogP contribution is -2.30. The van der Waals surface area contributed by atoms with E-state index in [1.54, 1.807) is 60.9 Å². The summed E-state index contributed by atoms with van der Waals surface area (Å²) in [5, 5.41) is 11.5. The van der Waals surface area contributed by atoms with Gasteiger partial charge in [-0.05, 0) is 97.5 Å². The van der Waals surface area contributed by atoms with E-state index in [9.17, 15) is 19.2 Å². The van der Waals surface area contributed by atoms with E-state index in [2.05, 4.69) is 40.0 Å². The predicted molar refractivity (Wildman–Crippen MR) is 210 cm³/mol. The van der Waals surface area contributed by atoms with Gasteiger partial charge < -0.3 is 20.9 Å². The van der Waals surface area contributed by atoms with Crippen LogP contribution in [0.5, 0.6) is 0 Å². The normalized spacial score (nSPS) is 12.7. The fraction of sp³-hybridized carbons (Fsp3) is 0.171. The summed E-state index contributed by atoms with van der Waals surface area (Å²) in [6.07, 6.45) is 11.6. The molecule has 6 aromatic rings. The Kier molecular flexibility index (Phi) is 12.6. The predicted octanol–water partition coefficient (Wildman–Crippen LogP) is 5.44. The molecular weight excluding hydrogens is 729 g/mol. The minimum atomic E-state index is -1.01. The maximum Gasteiger partial charge on any atom is 0.356 e. The summed E-state index contributed by atoms with van der Waals surface area (Å²) < 4.78 is 4.43. The number of nitrogens with zero attached hydrogens (tertiary/aromatic N) is 6. The van der Waals surface area contributed by atoms with E-state index in [-0.39, 0.29) is 28.6 Å². The van der Waals surface area contributed by atoms with Crippen molar-refractivity contribution in [1.29, 1.82) is 0 Å². The molecule has 0 spiro atoms. The van der Waals surface area contributed by atoms with Crippen molar-refractivity contribution in [2.24, 2.45) is 5.84 Å². The highest BCUT2D eigenvalue weighted by molar-refractivity contribution is 6.03. The van der Waals surface area contributed by atoms with Gasteiger partial charge in [-0.3, -0.25) is 30.0 Å². The van der Waals surface area contributed by atoms with Crippen molar-refractivity contribution in [2.45, 2.75) is 37.5 Å². The van der Waals surface area contributed by atoms with E-state index in [1.807, 2.05) is 42.0 Å². The fourth-order valence-corrected chi connectivity index (χ4v) is 5.41. The molecule has 6 heterocycles. The first kappa shape index (κ1) is 39.2. The summed E-state index contributed by atoms with van der Waals surface area (Å²) in [5.41, 5.74) is 13.7. The molecule has 0 bridgehead atoms. The number of carbonyl (C=O) groups excluding carboxylic acids is 3. The zero-order valence-corrected chi connectivity index (χ0v) is 30.7. The molecule has 288 valence electrons. The highest BCUT2D eigenvalue weighted by Crippen LogP contribution is 2.40. The number of aromatic carboxylic acids is 1. The smallest absolute Gasteiger partial charge is 0.356 e. The molecule has 0 aliphatic heterocycles. The van der Waals surface area contributed by atoms with Gasteiger partial charge in [0.25, 0.3) is 11.8 Å². The minimum Gasteiger partial charge on any atom is -0.477 e. The van der Waals surface area contributed by atoms with E-state index in [4.69, 9.17) is 16.7 Å². The van der Waals surface area contributed by atoms with Crippen LogP contribution in [0.1, 0.15) is 90.9 Å². The first-order valence-electron chi connectivity index (χ1n) is 17.8. The number of ether oxygens (including phenoxy) is 1. The van der Waals surface area contributed by atoms with Crippen LogP contribution < -0.4 is 22.3 Å². The summed E-state index contributed by atoms with van der Waals surface area (Å²) in [6, 6.07) is 24.4. The molecule has 0 aromatic carbocycles. The number of rotatable bonds is 9. The maximum absolute atomic E-state index is 12.5. The summed E-state index contributed by atoms with van der Waals surface area (Å²) in [7, 11) is 1.30. The number of pyridine rings is 6. The maximum atomic E-state index is 12.5. The monoisotopic (exact) mass is 766 g/mol. The van der Waals surface area contributed by atoms with E-state index in [0.717, 1.165) is 33.6 Å². The number of anilines is 2. The highest BCUT2D eigenvalue weighted by Gasteiger charge is 2.25. The van der Waals surface area contributed by atoms with Crippen molar-refractivity contribution < 1.29 is 29.0 Å². The number of nitrogen functional groups attached to an aromatic ring is 2. The van der Waals surface area contributed by atoms with E-state index in [0.29, 0.717) is 17.7 Å². The Morgan fingerprint density at radius 1 is 0.649 bits per heavy atom. The van der Waals surface area contributed by atoms with Crippen molar-refractivity contribution in [2.75, 3.05) is 18.2 Å². The first-order chi connectivity index (χ1) is 27.6. The van der Waals surface area contributed by atoms with Gasteiger partial charge in [0.2, 0.25) is 0 Å². The number of methoxy groups -OCH3 is 1. The first-order valence-corrected chi connectivity index (χ1v) is 17.8. The molecule has 2 aliphatic carbocycles. The van der Waals surface area contributed by atoms with Gasteiger partial charge in [0.1, 0.15) is 28.7 Å². The molecule has 6 aromatic heterocycles. The van der Waals surface area contributed by atoms with Crippen LogP contribution in [0.2, 0.25) is 0 Å². The van der Waals surface area contributed by atoms with Gasteiger partial charge >= 0.3 is 11.9 Å². The number of amides is 2. The second kappa shape index (κ2) is 18.2. The Morgan fingerprint density at radius 2 is 1.21 bits per heavy atom. The largest absolute Gasteiger partial charge is 0.477 e. The van der Waals surface area contributed by atoms with Crippen LogP contribution in [0.25, 0.3) is 22.3 Å². The lowest BCUT2D eigenvalue weighted by atomic mass is 10.1. The molecule has 2 fully saturated rings. The van der Waals surface area contributed by atoms with Crippen molar-refractivity contribution in [1.82, 2.24) is 35.3 Å². The number of esters is 1. The van der Waals surface area contributed by atoms with Crippen LogP contribution in [0.15, 0.2) is 110 Å². The third-order valence-electron chi connectivity index (χ3n) is 8.72. The summed E-state index contributed by atoms with van der Waals surface area (Å²) in [6.45, 7) is 0. The third kappa shape index (κ3) is 10.8. The molecule has 2 aliphatic rings. The van der Waals surface area contributed by atoms with Crippen LogP contribution in [0.3, 0.4) is 0 Å². The quantitative estimate of drug-likeness (QED) is 0.0532. The Balaban J connectivity index is 0.000000161. The van der Waals surface area contributed by atoms with Crippen molar-refractivity contribution in [3.05, 3.63) is 144 Å². The number of carboxylic acids is 1.